The van der Waals surface area contributed by atoms with Crippen LogP contribution < -0.4 is 5.56 Å². The molecule has 0 spiro atoms. The van der Waals surface area contributed by atoms with Crippen LogP contribution in [-0.2, 0) is 6.32 Å². The Kier molecular flexibility index (Phi) is 3.65. The molecule has 3 nitrogen and oxygen atoms in total. The SMILES string of the molecule is CB(Cc1ccccc1)n1ncc(C)c(C)c1=O. The lowest BCUT2D eigenvalue weighted by Crippen LogP contribution is -2.38. The van der Waals surface area contributed by atoms with Crippen LogP contribution in [0.3, 0.4) is 0 Å². The first-order chi connectivity index (χ1) is 8.59. The van der Waals surface area contributed by atoms with Crippen molar-refractivity contribution in [2.24, 2.45) is 0 Å². The topological polar surface area (TPSA) is 34.9 Å². The predicted molar refractivity (Wildman–Crippen MR) is 75.1 cm³/mol. The summed E-state index contributed by atoms with van der Waals surface area (Å²) in [5.74, 6) is 0. The van der Waals surface area contributed by atoms with Gasteiger partial charge in [0.15, 0.2) is 0 Å². The minimum atomic E-state index is 0.0124. The second-order valence-electron chi connectivity index (χ2n) is 4.74. The number of rotatable bonds is 3. The summed E-state index contributed by atoms with van der Waals surface area (Å²) in [7, 11) is 0. The Balaban J connectivity index is 2.27. The van der Waals surface area contributed by atoms with Gasteiger partial charge < -0.3 is 0 Å². The highest BCUT2D eigenvalue weighted by Gasteiger charge is 2.15. The van der Waals surface area contributed by atoms with Crippen molar-refractivity contribution in [3.8, 4) is 0 Å². The van der Waals surface area contributed by atoms with Gasteiger partial charge in [-0.3, -0.25) is 9.39 Å². The molecule has 0 aliphatic heterocycles. The van der Waals surface area contributed by atoms with Gasteiger partial charge in [0.2, 0.25) is 0 Å². The van der Waals surface area contributed by atoms with Crippen molar-refractivity contribution in [3.05, 3.63) is 63.6 Å². The molecule has 0 saturated heterocycles. The zero-order chi connectivity index (χ0) is 13.1. The van der Waals surface area contributed by atoms with Gasteiger partial charge in [-0.25, -0.2) is 0 Å². The summed E-state index contributed by atoms with van der Waals surface area (Å²) >= 11 is 0. The number of hydrogen-bond donors (Lipinski definition) is 0. The highest BCUT2D eigenvalue weighted by molar-refractivity contribution is 6.54. The Morgan fingerprint density at radius 3 is 2.56 bits per heavy atom. The Hall–Kier alpha value is -1.84. The third-order valence-electron chi connectivity index (χ3n) is 3.29. The van der Waals surface area contributed by atoms with Gasteiger partial charge in [0.05, 0.1) is 0 Å². The molecule has 0 N–H and O–H groups in total. The quantitative estimate of drug-likeness (QED) is 0.770. The first kappa shape index (κ1) is 12.6. The van der Waals surface area contributed by atoms with Crippen molar-refractivity contribution in [1.29, 1.82) is 0 Å². The molecule has 1 aromatic heterocycles. The van der Waals surface area contributed by atoms with Gasteiger partial charge in [-0.2, -0.15) is 5.10 Å². The third-order valence-corrected chi connectivity index (χ3v) is 3.29. The number of aryl methyl sites for hydroxylation is 1. The standard InChI is InChI=1S/C14H17BN2O/c1-11-10-16-17(14(18)12(11)2)15(3)9-13-7-5-4-6-8-13/h4-8,10H,9H2,1-3H3. The summed E-state index contributed by atoms with van der Waals surface area (Å²) in [6, 6.07) is 10.2. The molecule has 0 fully saturated rings. The second kappa shape index (κ2) is 5.21. The first-order valence-corrected chi connectivity index (χ1v) is 6.18. The van der Waals surface area contributed by atoms with Crippen molar-refractivity contribution in [1.82, 2.24) is 9.69 Å². The van der Waals surface area contributed by atoms with Gasteiger partial charge >= 0.3 is 0 Å². The molecule has 92 valence electrons. The van der Waals surface area contributed by atoms with E-state index in [0.29, 0.717) is 0 Å². The summed E-state index contributed by atoms with van der Waals surface area (Å²) in [5, 5.41) is 4.24. The molecule has 2 rings (SSSR count). The number of aromatic nitrogens is 2. The Morgan fingerprint density at radius 2 is 1.89 bits per heavy atom. The van der Waals surface area contributed by atoms with Gasteiger partial charge in [-0.15, -0.1) is 0 Å². The lowest BCUT2D eigenvalue weighted by Gasteiger charge is -2.12. The van der Waals surface area contributed by atoms with Gasteiger partial charge in [-0.1, -0.05) is 42.7 Å². The van der Waals surface area contributed by atoms with Crippen LogP contribution in [0.2, 0.25) is 6.82 Å². The van der Waals surface area contributed by atoms with E-state index in [1.165, 1.54) is 5.56 Å². The van der Waals surface area contributed by atoms with Crippen molar-refractivity contribution in [2.75, 3.05) is 0 Å². The monoisotopic (exact) mass is 240 g/mol. The summed E-state index contributed by atoms with van der Waals surface area (Å²) < 4.78 is 1.58. The minimum absolute atomic E-state index is 0.0124. The summed E-state index contributed by atoms with van der Waals surface area (Å²) in [5.41, 5.74) is 2.96. The van der Waals surface area contributed by atoms with Crippen LogP contribution in [0.25, 0.3) is 0 Å². The fourth-order valence-corrected chi connectivity index (χ4v) is 1.99. The van der Waals surface area contributed by atoms with Gasteiger partial charge in [0.25, 0.3) is 12.4 Å². The molecule has 2 aromatic rings. The summed E-state index contributed by atoms with van der Waals surface area (Å²) in [6.45, 7) is 5.86. The predicted octanol–water partition coefficient (Wildman–Crippen LogP) is 2.11. The van der Waals surface area contributed by atoms with Crippen molar-refractivity contribution < 1.29 is 0 Å². The van der Waals surface area contributed by atoms with Crippen molar-refractivity contribution in [2.45, 2.75) is 27.0 Å². The Labute approximate surface area is 108 Å². The molecular weight excluding hydrogens is 223 g/mol. The fraction of sp³-hybridized carbons (Fsp3) is 0.286. The lowest BCUT2D eigenvalue weighted by atomic mass is 9.60. The van der Waals surface area contributed by atoms with Gasteiger partial charge in [0, 0.05) is 11.8 Å². The first-order valence-electron chi connectivity index (χ1n) is 6.18. The Morgan fingerprint density at radius 1 is 1.22 bits per heavy atom. The Bertz CT molecular complexity index is 592. The molecule has 1 heterocycles. The van der Waals surface area contributed by atoms with Crippen molar-refractivity contribution in [3.63, 3.8) is 0 Å². The van der Waals surface area contributed by atoms with E-state index in [-0.39, 0.29) is 12.4 Å². The fourth-order valence-electron chi connectivity index (χ4n) is 1.99. The highest BCUT2D eigenvalue weighted by Crippen LogP contribution is 2.03. The number of hydrogen-bond acceptors (Lipinski definition) is 2. The molecule has 1 aromatic carbocycles. The molecule has 0 aliphatic rings. The molecule has 0 radical (unpaired) electrons. The second-order valence-corrected chi connectivity index (χ2v) is 4.74. The van der Waals surface area contributed by atoms with E-state index in [2.05, 4.69) is 17.2 Å². The van der Waals surface area contributed by atoms with Crippen molar-refractivity contribution >= 4 is 6.85 Å². The zero-order valence-electron chi connectivity index (χ0n) is 11.1. The minimum Gasteiger partial charge on any atom is -0.278 e. The largest absolute Gasteiger partial charge is 0.289 e. The molecule has 0 atom stereocenters. The number of benzene rings is 1. The van der Waals surface area contributed by atoms with E-state index < -0.39 is 0 Å². The van der Waals surface area contributed by atoms with Crippen LogP contribution in [0, 0.1) is 13.8 Å². The van der Waals surface area contributed by atoms with E-state index in [9.17, 15) is 4.79 Å². The molecular formula is C14H17BN2O. The van der Waals surface area contributed by atoms with Crippen LogP contribution in [0.4, 0.5) is 0 Å². The van der Waals surface area contributed by atoms with Gasteiger partial charge in [-0.05, 0) is 25.7 Å². The summed E-state index contributed by atoms with van der Waals surface area (Å²) in [6.07, 6.45) is 2.58. The molecule has 0 unspecified atom stereocenters. The maximum absolute atomic E-state index is 12.1. The normalized spacial score (nSPS) is 10.4. The van der Waals surface area contributed by atoms with E-state index in [4.69, 9.17) is 0 Å². The molecule has 0 aliphatic carbocycles. The van der Waals surface area contributed by atoms with Crippen LogP contribution >= 0.6 is 0 Å². The molecule has 0 amide bonds. The van der Waals surface area contributed by atoms with Crippen LogP contribution in [0.15, 0.2) is 41.3 Å². The third kappa shape index (κ3) is 2.53. The molecule has 4 heteroatoms. The molecule has 18 heavy (non-hydrogen) atoms. The van der Waals surface area contributed by atoms with Crippen LogP contribution in [0.5, 0.6) is 0 Å². The van der Waals surface area contributed by atoms with Crippen LogP contribution in [-0.4, -0.2) is 16.5 Å². The highest BCUT2D eigenvalue weighted by atomic mass is 16.1. The molecule has 0 saturated carbocycles. The average molecular weight is 240 g/mol. The van der Waals surface area contributed by atoms with E-state index in [0.717, 1.165) is 17.4 Å². The van der Waals surface area contributed by atoms with Gasteiger partial charge in [0.1, 0.15) is 0 Å². The summed E-state index contributed by atoms with van der Waals surface area (Å²) in [4.78, 5) is 12.1. The lowest BCUT2D eigenvalue weighted by molar-refractivity contribution is 0.840. The van der Waals surface area contributed by atoms with E-state index in [1.807, 2.05) is 38.9 Å². The molecule has 0 bridgehead atoms. The van der Waals surface area contributed by atoms with E-state index in [1.54, 1.807) is 10.8 Å². The smallest absolute Gasteiger partial charge is 0.278 e. The zero-order valence-corrected chi connectivity index (χ0v) is 11.1. The van der Waals surface area contributed by atoms with E-state index >= 15 is 0 Å². The van der Waals surface area contributed by atoms with Crippen LogP contribution in [0.1, 0.15) is 16.7 Å². The number of nitrogens with zero attached hydrogens (tertiary/aromatic N) is 2. The maximum atomic E-state index is 12.1. The maximum Gasteiger partial charge on any atom is 0.289 e. The average Bonchev–Trinajstić information content (AvgIpc) is 2.37.